The Balaban J connectivity index is 1.79. The fourth-order valence-corrected chi connectivity index (χ4v) is 5.03. The Bertz CT molecular complexity index is 502. The van der Waals surface area contributed by atoms with Crippen LogP contribution in [0.2, 0.25) is 0 Å². The number of carbonyl (C=O) groups is 1. The molecule has 2 saturated heterocycles. The molecule has 9 atom stereocenters. The highest BCUT2D eigenvalue weighted by Crippen LogP contribution is 2.62. The zero-order chi connectivity index (χ0) is 14.4. The van der Waals surface area contributed by atoms with Crippen LogP contribution in [-0.2, 0) is 14.3 Å². The Kier molecular flexibility index (Phi) is 2.33. The highest BCUT2D eigenvalue weighted by Gasteiger charge is 2.73. The Hall–Kier alpha value is -0.910. The zero-order valence-electron chi connectivity index (χ0n) is 11.7. The summed E-state index contributed by atoms with van der Waals surface area (Å²) in [6, 6.07) is 0. The molecule has 4 aliphatic rings. The van der Waals surface area contributed by atoms with Crippen molar-refractivity contribution < 1.29 is 24.5 Å². The van der Waals surface area contributed by atoms with E-state index in [-0.39, 0.29) is 30.1 Å². The van der Waals surface area contributed by atoms with Gasteiger partial charge < -0.3 is 19.7 Å². The molecule has 4 rings (SSSR count). The van der Waals surface area contributed by atoms with Crippen LogP contribution < -0.4 is 0 Å². The molecule has 0 aromatic carbocycles. The maximum absolute atomic E-state index is 11.7. The minimum absolute atomic E-state index is 0.0300. The van der Waals surface area contributed by atoms with Crippen LogP contribution in [0.1, 0.15) is 20.3 Å². The van der Waals surface area contributed by atoms with Crippen LogP contribution in [0.5, 0.6) is 0 Å². The number of hydrogen-bond donors (Lipinski definition) is 2. The number of fused-ring (bicyclic) bond motifs is 4. The molecule has 2 aliphatic carbocycles. The molecule has 20 heavy (non-hydrogen) atoms. The lowest BCUT2D eigenvalue weighted by Crippen LogP contribution is -2.51. The van der Waals surface area contributed by atoms with Gasteiger partial charge in [0.2, 0.25) is 0 Å². The second-order valence-corrected chi connectivity index (χ2v) is 7.05. The van der Waals surface area contributed by atoms with Crippen molar-refractivity contribution in [2.75, 3.05) is 0 Å². The van der Waals surface area contributed by atoms with Crippen molar-refractivity contribution in [2.24, 2.45) is 23.2 Å². The molecule has 0 aromatic rings. The Morgan fingerprint density at radius 2 is 2.00 bits per heavy atom. The third-order valence-corrected chi connectivity index (χ3v) is 6.10. The van der Waals surface area contributed by atoms with Crippen molar-refractivity contribution >= 4 is 5.97 Å². The average molecular weight is 280 g/mol. The molecule has 0 bridgehead atoms. The summed E-state index contributed by atoms with van der Waals surface area (Å²) in [6.07, 6.45) is -1.30. The molecule has 4 fully saturated rings. The van der Waals surface area contributed by atoms with E-state index in [0.717, 1.165) is 0 Å². The lowest BCUT2D eigenvalue weighted by molar-refractivity contribution is -0.140. The van der Waals surface area contributed by atoms with Gasteiger partial charge in [0.05, 0.1) is 24.2 Å². The molecule has 5 heteroatoms. The predicted octanol–water partition coefficient (Wildman–Crippen LogP) is 0.249. The molecule has 2 heterocycles. The number of aliphatic hydroxyl groups is 2. The zero-order valence-corrected chi connectivity index (χ0v) is 11.7. The van der Waals surface area contributed by atoms with Gasteiger partial charge in [-0.15, -0.1) is 0 Å². The molecule has 0 amide bonds. The van der Waals surface area contributed by atoms with Crippen molar-refractivity contribution in [1.29, 1.82) is 0 Å². The van der Waals surface area contributed by atoms with Crippen molar-refractivity contribution in [3.8, 4) is 0 Å². The second-order valence-electron chi connectivity index (χ2n) is 7.05. The topological polar surface area (TPSA) is 79.3 Å². The van der Waals surface area contributed by atoms with E-state index in [1.54, 1.807) is 0 Å². The van der Waals surface area contributed by atoms with Crippen LogP contribution in [0.4, 0.5) is 0 Å². The fourth-order valence-electron chi connectivity index (χ4n) is 5.03. The minimum atomic E-state index is -0.826. The van der Waals surface area contributed by atoms with E-state index in [1.165, 1.54) is 0 Å². The second kappa shape index (κ2) is 3.64. The van der Waals surface area contributed by atoms with E-state index >= 15 is 0 Å². The van der Waals surface area contributed by atoms with Gasteiger partial charge in [0.15, 0.2) is 0 Å². The van der Waals surface area contributed by atoms with E-state index in [0.29, 0.717) is 12.0 Å². The summed E-state index contributed by atoms with van der Waals surface area (Å²) in [5.41, 5.74) is -0.325. The van der Waals surface area contributed by atoms with Gasteiger partial charge in [-0.05, 0) is 12.3 Å². The van der Waals surface area contributed by atoms with Gasteiger partial charge in [0.1, 0.15) is 12.2 Å². The van der Waals surface area contributed by atoms with Gasteiger partial charge in [-0.2, -0.15) is 0 Å². The molecule has 2 N–H and O–H groups in total. The first kappa shape index (κ1) is 12.8. The molecule has 2 aliphatic heterocycles. The smallest absolute Gasteiger partial charge is 0.334 e. The Morgan fingerprint density at radius 1 is 1.30 bits per heavy atom. The normalized spacial score (nSPS) is 60.4. The van der Waals surface area contributed by atoms with Crippen molar-refractivity contribution in [2.45, 2.75) is 50.8 Å². The maximum atomic E-state index is 11.7. The lowest BCUT2D eigenvalue weighted by atomic mass is 9.66. The highest BCUT2D eigenvalue weighted by molar-refractivity contribution is 5.91. The van der Waals surface area contributed by atoms with Gasteiger partial charge in [0, 0.05) is 16.9 Å². The summed E-state index contributed by atoms with van der Waals surface area (Å²) >= 11 is 0. The van der Waals surface area contributed by atoms with E-state index in [4.69, 9.17) is 9.47 Å². The summed E-state index contributed by atoms with van der Waals surface area (Å²) in [7, 11) is 0. The summed E-state index contributed by atoms with van der Waals surface area (Å²) in [5.74, 6) is -0.514. The standard InChI is InChI=1S/C15H20O5/c1-5-4-7-8(6(2)14(18)19-7)12(16)15(3)9(5)10-11(20-10)13(15)17/h5,7-13,16-17H,2,4H2,1,3H3/t5-,7-,8+,9+,10-,11+,12+,13+,15+/m1/s1. The third-order valence-electron chi connectivity index (χ3n) is 6.10. The summed E-state index contributed by atoms with van der Waals surface area (Å²) in [5, 5.41) is 21.4. The van der Waals surface area contributed by atoms with E-state index in [1.807, 2.05) is 6.92 Å². The monoisotopic (exact) mass is 280 g/mol. The largest absolute Gasteiger partial charge is 0.458 e. The molecular weight excluding hydrogens is 260 g/mol. The lowest BCUT2D eigenvalue weighted by Gasteiger charge is -2.42. The third kappa shape index (κ3) is 1.27. The first-order valence-corrected chi connectivity index (χ1v) is 7.28. The molecule has 5 nitrogen and oxygen atoms in total. The van der Waals surface area contributed by atoms with Gasteiger partial charge in [-0.1, -0.05) is 20.4 Å². The fraction of sp³-hybridized carbons (Fsp3) is 0.800. The van der Waals surface area contributed by atoms with Crippen LogP contribution in [-0.4, -0.2) is 46.7 Å². The molecule has 0 aromatic heterocycles. The molecular formula is C15H20O5. The molecule has 0 radical (unpaired) electrons. The number of hydrogen-bond acceptors (Lipinski definition) is 5. The van der Waals surface area contributed by atoms with Crippen molar-refractivity contribution in [3.63, 3.8) is 0 Å². The van der Waals surface area contributed by atoms with Crippen LogP contribution in [0.25, 0.3) is 0 Å². The number of carbonyl (C=O) groups excluding carboxylic acids is 1. The first-order chi connectivity index (χ1) is 9.37. The summed E-state index contributed by atoms with van der Waals surface area (Å²) in [6.45, 7) is 7.79. The minimum Gasteiger partial charge on any atom is -0.458 e. The number of aliphatic hydroxyl groups excluding tert-OH is 2. The SMILES string of the molecule is C=C1C(=O)O[C@@H]2C[C@@H](C)[C@H]3[C@H]4O[C@@H]4[C@H](O)[C@]3(C)[C@@H](O)[C@@H]12. The van der Waals surface area contributed by atoms with Crippen LogP contribution in [0, 0.1) is 23.2 Å². The number of epoxide rings is 1. The molecule has 2 saturated carbocycles. The number of rotatable bonds is 0. The quantitative estimate of drug-likeness (QED) is 0.378. The average Bonchev–Trinajstić information content (AvgIpc) is 3.06. The maximum Gasteiger partial charge on any atom is 0.334 e. The van der Waals surface area contributed by atoms with Gasteiger partial charge in [-0.25, -0.2) is 4.79 Å². The first-order valence-electron chi connectivity index (χ1n) is 7.28. The Labute approximate surface area is 117 Å². The van der Waals surface area contributed by atoms with Crippen LogP contribution in [0.3, 0.4) is 0 Å². The van der Waals surface area contributed by atoms with E-state index in [9.17, 15) is 15.0 Å². The van der Waals surface area contributed by atoms with E-state index in [2.05, 4.69) is 13.5 Å². The number of ether oxygens (including phenoxy) is 2. The van der Waals surface area contributed by atoms with Crippen molar-refractivity contribution in [1.82, 2.24) is 0 Å². The summed E-state index contributed by atoms with van der Waals surface area (Å²) < 4.78 is 10.9. The molecule has 0 unspecified atom stereocenters. The predicted molar refractivity (Wildman–Crippen MR) is 68.6 cm³/mol. The van der Waals surface area contributed by atoms with E-state index < -0.39 is 29.5 Å². The van der Waals surface area contributed by atoms with Gasteiger partial charge >= 0.3 is 5.97 Å². The molecule has 110 valence electrons. The van der Waals surface area contributed by atoms with Crippen molar-refractivity contribution in [3.05, 3.63) is 12.2 Å². The number of esters is 1. The Morgan fingerprint density at radius 3 is 2.70 bits per heavy atom. The van der Waals surface area contributed by atoms with Crippen LogP contribution >= 0.6 is 0 Å². The summed E-state index contributed by atoms with van der Waals surface area (Å²) in [4.78, 5) is 11.7. The van der Waals surface area contributed by atoms with Gasteiger partial charge in [0.25, 0.3) is 0 Å². The molecule has 0 spiro atoms. The highest BCUT2D eigenvalue weighted by atomic mass is 16.6. The van der Waals surface area contributed by atoms with Gasteiger partial charge in [-0.3, -0.25) is 0 Å². The van der Waals surface area contributed by atoms with Crippen LogP contribution in [0.15, 0.2) is 12.2 Å².